The molecule has 1 aromatic rings. The van der Waals surface area contributed by atoms with Crippen LogP contribution in [0.25, 0.3) is 0 Å². The molecule has 0 spiro atoms. The number of carbonyl (C=O) groups excluding carboxylic acids is 1. The lowest BCUT2D eigenvalue weighted by Gasteiger charge is -2.30. The van der Waals surface area contributed by atoms with E-state index in [1.165, 1.54) is 0 Å². The number of aryl methyl sites for hydroxylation is 1. The smallest absolute Gasteiger partial charge is 0.224 e. The van der Waals surface area contributed by atoms with Crippen LogP contribution in [0.1, 0.15) is 25.3 Å². The number of halogens is 2. The summed E-state index contributed by atoms with van der Waals surface area (Å²) in [5.41, 5.74) is 0.960. The van der Waals surface area contributed by atoms with Gasteiger partial charge in [-0.2, -0.15) is 5.10 Å². The first-order chi connectivity index (χ1) is 8.15. The van der Waals surface area contributed by atoms with E-state index in [1.807, 2.05) is 13.2 Å². The Hall–Kier alpha value is -0.780. The molecule has 1 amide bonds. The van der Waals surface area contributed by atoms with Crippen LogP contribution in [-0.2, 0) is 18.3 Å². The first-order valence-electron chi connectivity index (χ1n) is 6.15. The summed E-state index contributed by atoms with van der Waals surface area (Å²) in [5, 5.41) is 10.5. The van der Waals surface area contributed by atoms with Crippen molar-refractivity contribution in [2.24, 2.45) is 7.05 Å². The summed E-state index contributed by atoms with van der Waals surface area (Å²) in [5.74, 6) is 0.0820. The molecular formula is C12H22Cl2N4O. The molecule has 1 fully saturated rings. The molecule has 1 aromatic heterocycles. The van der Waals surface area contributed by atoms with Crippen molar-refractivity contribution in [1.82, 2.24) is 20.4 Å². The zero-order valence-electron chi connectivity index (χ0n) is 11.3. The quantitative estimate of drug-likeness (QED) is 0.878. The molecule has 7 heteroatoms. The fourth-order valence-electron chi connectivity index (χ4n) is 2.25. The van der Waals surface area contributed by atoms with E-state index in [0.717, 1.165) is 24.9 Å². The number of rotatable bonds is 3. The summed E-state index contributed by atoms with van der Waals surface area (Å²) >= 11 is 0. The van der Waals surface area contributed by atoms with Crippen LogP contribution in [0.5, 0.6) is 0 Å². The Morgan fingerprint density at radius 1 is 1.58 bits per heavy atom. The predicted octanol–water partition coefficient (Wildman–Crippen LogP) is 1.06. The van der Waals surface area contributed by atoms with Gasteiger partial charge in [0, 0.05) is 25.3 Å². The van der Waals surface area contributed by atoms with Crippen LogP contribution in [0.2, 0.25) is 0 Å². The lowest BCUT2D eigenvalue weighted by Crippen LogP contribution is -2.52. The second-order valence-corrected chi connectivity index (χ2v) is 4.76. The van der Waals surface area contributed by atoms with Gasteiger partial charge in [-0.25, -0.2) is 0 Å². The zero-order chi connectivity index (χ0) is 12.3. The predicted molar refractivity (Wildman–Crippen MR) is 80.0 cm³/mol. The molecule has 0 aromatic carbocycles. The molecule has 2 rings (SSSR count). The Balaban J connectivity index is 0.00000162. The molecule has 5 nitrogen and oxygen atoms in total. The maximum absolute atomic E-state index is 11.9. The van der Waals surface area contributed by atoms with Crippen molar-refractivity contribution in [1.29, 1.82) is 0 Å². The molecule has 1 saturated heterocycles. The highest BCUT2D eigenvalue weighted by atomic mass is 35.5. The highest BCUT2D eigenvalue weighted by Gasteiger charge is 2.22. The summed E-state index contributed by atoms with van der Waals surface area (Å²) in [6, 6.07) is 0.620. The van der Waals surface area contributed by atoms with E-state index >= 15 is 0 Å². The minimum atomic E-state index is 0. The van der Waals surface area contributed by atoms with Crippen LogP contribution in [0.15, 0.2) is 12.4 Å². The SMILES string of the molecule is CC1NCCCC1NC(=O)Cc1cnn(C)c1.Cl.Cl. The summed E-state index contributed by atoms with van der Waals surface area (Å²) in [6.45, 7) is 3.17. The number of hydrogen-bond acceptors (Lipinski definition) is 3. The van der Waals surface area contributed by atoms with Crippen LogP contribution in [0.3, 0.4) is 0 Å². The number of amides is 1. The average molecular weight is 309 g/mol. The summed E-state index contributed by atoms with van der Waals surface area (Å²) in [4.78, 5) is 11.9. The lowest BCUT2D eigenvalue weighted by molar-refractivity contribution is -0.121. The van der Waals surface area contributed by atoms with E-state index in [1.54, 1.807) is 10.9 Å². The fraction of sp³-hybridized carbons (Fsp3) is 0.667. The minimum Gasteiger partial charge on any atom is -0.352 e. The third kappa shape index (κ3) is 5.38. The number of nitrogens with one attached hydrogen (secondary N) is 2. The molecule has 110 valence electrons. The van der Waals surface area contributed by atoms with Gasteiger partial charge >= 0.3 is 0 Å². The number of piperidine rings is 1. The maximum atomic E-state index is 11.9. The number of nitrogens with zero attached hydrogens (tertiary/aromatic N) is 2. The van der Waals surface area contributed by atoms with E-state index < -0.39 is 0 Å². The Kier molecular flexibility index (Phi) is 8.06. The molecule has 0 bridgehead atoms. The van der Waals surface area contributed by atoms with Crippen molar-refractivity contribution in [2.75, 3.05) is 6.54 Å². The van der Waals surface area contributed by atoms with Crippen LogP contribution in [0.4, 0.5) is 0 Å². The van der Waals surface area contributed by atoms with Gasteiger partial charge < -0.3 is 10.6 Å². The molecule has 2 unspecified atom stereocenters. The largest absolute Gasteiger partial charge is 0.352 e. The number of hydrogen-bond donors (Lipinski definition) is 2. The minimum absolute atomic E-state index is 0. The number of carbonyl (C=O) groups is 1. The van der Waals surface area contributed by atoms with Gasteiger partial charge in [0.05, 0.1) is 12.6 Å². The fourth-order valence-corrected chi connectivity index (χ4v) is 2.25. The van der Waals surface area contributed by atoms with Crippen molar-refractivity contribution in [3.8, 4) is 0 Å². The molecule has 0 radical (unpaired) electrons. The standard InChI is InChI=1S/C12H20N4O.2ClH/c1-9-11(4-3-5-13-9)15-12(17)6-10-7-14-16(2)8-10;;/h7-9,11,13H,3-6H2,1-2H3,(H,15,17);2*1H. The van der Waals surface area contributed by atoms with Gasteiger partial charge in [-0.15, -0.1) is 24.8 Å². The van der Waals surface area contributed by atoms with E-state index in [4.69, 9.17) is 0 Å². The average Bonchev–Trinajstić information content (AvgIpc) is 2.67. The molecule has 1 aliphatic heterocycles. The van der Waals surface area contributed by atoms with E-state index in [-0.39, 0.29) is 36.8 Å². The lowest BCUT2D eigenvalue weighted by atomic mass is 9.99. The van der Waals surface area contributed by atoms with Crippen molar-refractivity contribution in [3.63, 3.8) is 0 Å². The Labute approximate surface area is 126 Å². The Bertz CT molecular complexity index is 397. The van der Waals surface area contributed by atoms with Crippen LogP contribution < -0.4 is 10.6 Å². The van der Waals surface area contributed by atoms with E-state index in [0.29, 0.717) is 12.5 Å². The maximum Gasteiger partial charge on any atom is 0.224 e. The third-order valence-corrected chi connectivity index (χ3v) is 3.23. The Morgan fingerprint density at radius 2 is 2.32 bits per heavy atom. The van der Waals surface area contributed by atoms with Gasteiger partial charge in [0.2, 0.25) is 5.91 Å². The molecule has 2 N–H and O–H groups in total. The van der Waals surface area contributed by atoms with Crippen molar-refractivity contribution in [3.05, 3.63) is 18.0 Å². The van der Waals surface area contributed by atoms with Gasteiger partial charge in [0.15, 0.2) is 0 Å². The zero-order valence-corrected chi connectivity index (χ0v) is 12.9. The van der Waals surface area contributed by atoms with Crippen molar-refractivity contribution in [2.45, 2.75) is 38.3 Å². The summed E-state index contributed by atoms with van der Waals surface area (Å²) in [7, 11) is 1.86. The van der Waals surface area contributed by atoms with Crippen LogP contribution in [-0.4, -0.2) is 34.3 Å². The summed E-state index contributed by atoms with van der Waals surface area (Å²) in [6.07, 6.45) is 6.22. The Morgan fingerprint density at radius 3 is 2.89 bits per heavy atom. The van der Waals surface area contributed by atoms with Gasteiger partial charge in [-0.3, -0.25) is 9.48 Å². The highest BCUT2D eigenvalue weighted by Crippen LogP contribution is 2.08. The summed E-state index contributed by atoms with van der Waals surface area (Å²) < 4.78 is 1.72. The van der Waals surface area contributed by atoms with Gasteiger partial charge in [-0.05, 0) is 31.9 Å². The van der Waals surface area contributed by atoms with Crippen LogP contribution in [0, 0.1) is 0 Å². The van der Waals surface area contributed by atoms with Gasteiger partial charge in [0.25, 0.3) is 0 Å². The molecule has 19 heavy (non-hydrogen) atoms. The number of aromatic nitrogens is 2. The first-order valence-corrected chi connectivity index (χ1v) is 6.15. The second-order valence-electron chi connectivity index (χ2n) is 4.76. The topological polar surface area (TPSA) is 58.9 Å². The first kappa shape index (κ1) is 18.2. The molecule has 1 aliphatic rings. The van der Waals surface area contributed by atoms with Crippen molar-refractivity contribution < 1.29 is 4.79 Å². The van der Waals surface area contributed by atoms with Crippen LogP contribution >= 0.6 is 24.8 Å². The van der Waals surface area contributed by atoms with E-state index in [9.17, 15) is 4.79 Å². The molecule has 0 saturated carbocycles. The van der Waals surface area contributed by atoms with Crippen molar-refractivity contribution >= 4 is 30.7 Å². The molecule has 2 atom stereocenters. The normalized spacial score (nSPS) is 22.0. The monoisotopic (exact) mass is 308 g/mol. The van der Waals surface area contributed by atoms with Gasteiger partial charge in [0.1, 0.15) is 0 Å². The van der Waals surface area contributed by atoms with E-state index in [2.05, 4.69) is 22.7 Å². The molecule has 2 heterocycles. The van der Waals surface area contributed by atoms with Gasteiger partial charge in [-0.1, -0.05) is 0 Å². The highest BCUT2D eigenvalue weighted by molar-refractivity contribution is 5.85. The third-order valence-electron chi connectivity index (χ3n) is 3.23. The molecule has 0 aliphatic carbocycles. The molecular weight excluding hydrogens is 287 g/mol. The second kappa shape index (κ2) is 8.40.